The third-order valence-corrected chi connectivity index (χ3v) is 6.98. The molecule has 0 fully saturated rings. The van der Waals surface area contributed by atoms with Gasteiger partial charge in [0.25, 0.3) is 0 Å². The molecule has 4 N–H and O–H groups in total. The molecule has 25 heteroatoms. The fraction of sp³-hybridized carbons (Fsp3) is 0.692. The van der Waals surface area contributed by atoms with Crippen LogP contribution in [0.3, 0.4) is 0 Å². The number of nitrogens with one attached hydrogen (secondary N) is 2. The van der Waals surface area contributed by atoms with Gasteiger partial charge in [0.15, 0.2) is 0 Å². The number of amides is 2. The minimum Gasteiger partial charge on any atom is -0.445 e. The number of nitrogens with two attached hydrogens (primary N) is 1. The van der Waals surface area contributed by atoms with Crippen LogP contribution in [-0.2, 0) is 16.1 Å². The summed E-state index contributed by atoms with van der Waals surface area (Å²) in [6.45, 7) is -1.24. The molecule has 0 aliphatic carbocycles. The minimum absolute atomic E-state index is 0.0117. The highest BCUT2D eigenvalue weighted by atomic mass is 19.4. The van der Waals surface area contributed by atoms with Crippen LogP contribution in [0.15, 0.2) is 30.3 Å². The van der Waals surface area contributed by atoms with E-state index in [1.54, 1.807) is 35.6 Å². The first-order valence-corrected chi connectivity index (χ1v) is 13.8. The zero-order chi connectivity index (χ0) is 40.1. The smallest absolute Gasteiger partial charge is 0.438 e. The molecule has 0 radical (unpaired) electrons. The van der Waals surface area contributed by atoms with Crippen molar-refractivity contribution in [2.75, 3.05) is 13.1 Å². The fourth-order valence-electron chi connectivity index (χ4n) is 3.95. The van der Waals surface area contributed by atoms with Gasteiger partial charge in [0.05, 0.1) is 6.04 Å². The molecule has 1 atom stereocenters. The second-order valence-electron chi connectivity index (χ2n) is 10.7. The third kappa shape index (κ3) is 8.98. The molecule has 296 valence electrons. The van der Waals surface area contributed by atoms with Crippen molar-refractivity contribution in [1.82, 2.24) is 10.6 Å². The number of rotatable bonds is 18. The number of halogens is 19. The molecule has 0 aromatic heterocycles. The summed E-state index contributed by atoms with van der Waals surface area (Å²) in [5.41, 5.74) is -2.61. The first-order chi connectivity index (χ1) is 22.8. The van der Waals surface area contributed by atoms with E-state index in [0.29, 0.717) is 5.56 Å². The number of carbonyl (C=O) groups is 2. The normalized spacial score (nSPS) is 15.0. The van der Waals surface area contributed by atoms with Crippen LogP contribution in [0.5, 0.6) is 0 Å². The highest BCUT2D eigenvalue weighted by Gasteiger charge is 2.98. The van der Waals surface area contributed by atoms with E-state index in [-0.39, 0.29) is 32.4 Å². The Balaban J connectivity index is 2.82. The van der Waals surface area contributed by atoms with Crippen LogP contribution in [0, 0.1) is 0 Å². The monoisotopic (exact) mass is 789 g/mol. The van der Waals surface area contributed by atoms with Crippen molar-refractivity contribution in [1.29, 1.82) is 0 Å². The van der Waals surface area contributed by atoms with Gasteiger partial charge >= 0.3 is 59.6 Å². The molecule has 0 saturated heterocycles. The Kier molecular flexibility index (Phi) is 14.0. The molecular formula is C26H26F19N3O3. The average Bonchev–Trinajstić information content (AvgIpc) is 3.00. The topological polar surface area (TPSA) is 93.4 Å². The summed E-state index contributed by atoms with van der Waals surface area (Å²) < 4.78 is 260. The van der Waals surface area contributed by atoms with Crippen LogP contribution in [0.25, 0.3) is 0 Å². The van der Waals surface area contributed by atoms with Crippen LogP contribution in [0.1, 0.15) is 37.7 Å². The Bertz CT molecular complexity index is 1290. The number of unbranched alkanes of at least 4 members (excludes halogenated alkanes) is 1. The summed E-state index contributed by atoms with van der Waals surface area (Å²) in [7, 11) is 0. The largest absolute Gasteiger partial charge is 0.445 e. The molecule has 1 rings (SSSR count). The van der Waals surface area contributed by atoms with Crippen molar-refractivity contribution in [2.45, 2.75) is 98.3 Å². The molecule has 6 nitrogen and oxygen atoms in total. The van der Waals surface area contributed by atoms with Gasteiger partial charge in [0, 0.05) is 19.5 Å². The minimum atomic E-state index is -9.07. The number of hydrogen-bond acceptors (Lipinski definition) is 4. The van der Waals surface area contributed by atoms with Crippen molar-refractivity contribution in [3.8, 4) is 0 Å². The molecular weight excluding hydrogens is 763 g/mol. The van der Waals surface area contributed by atoms with Gasteiger partial charge in [-0.25, -0.2) is 9.18 Å². The number of benzene rings is 1. The van der Waals surface area contributed by atoms with E-state index >= 15 is 0 Å². The van der Waals surface area contributed by atoms with Gasteiger partial charge in [-0.2, -0.15) is 79.0 Å². The van der Waals surface area contributed by atoms with Gasteiger partial charge in [0.1, 0.15) is 6.61 Å². The molecule has 0 aliphatic heterocycles. The molecule has 0 aliphatic rings. The summed E-state index contributed by atoms with van der Waals surface area (Å²) in [6.07, 6.45) is -21.7. The molecule has 0 heterocycles. The molecule has 0 bridgehead atoms. The molecule has 51 heavy (non-hydrogen) atoms. The Morgan fingerprint density at radius 2 is 1.06 bits per heavy atom. The number of ether oxygens (including phenoxy) is 1. The Hall–Kier alpha value is -3.41. The van der Waals surface area contributed by atoms with E-state index in [1.165, 1.54) is 0 Å². The maximum Gasteiger partial charge on any atom is 0.438 e. The van der Waals surface area contributed by atoms with Crippen LogP contribution >= 0.6 is 0 Å². The lowest BCUT2D eigenvalue weighted by Gasteiger charge is -2.45. The molecule has 0 saturated carbocycles. The van der Waals surface area contributed by atoms with Crippen molar-refractivity contribution < 1.29 is 97.7 Å². The molecule has 0 spiro atoms. The second-order valence-corrected chi connectivity index (χ2v) is 10.7. The van der Waals surface area contributed by atoms with Crippen LogP contribution in [0.4, 0.5) is 88.2 Å². The van der Waals surface area contributed by atoms with Gasteiger partial charge in [-0.15, -0.1) is 0 Å². The Labute approximate surface area is 274 Å². The lowest BCUT2D eigenvalue weighted by Crippen LogP contribution is -2.77. The summed E-state index contributed by atoms with van der Waals surface area (Å²) >= 11 is 0. The van der Waals surface area contributed by atoms with Crippen molar-refractivity contribution >= 4 is 12.0 Å². The Morgan fingerprint density at radius 1 is 0.608 bits per heavy atom. The predicted octanol–water partition coefficient (Wildman–Crippen LogP) is 7.95. The SMILES string of the molecule is N[C@@H](CCCCNC(=O)OCc1ccccc1)C(=O)NCCCC(F)(F)C(F)(F)C(F)(F)C(F)(F)C(F)(F)C(F)(F)C(F)(C(F)(F)F)C(F)(F)F. The number of hydrogen-bond donors (Lipinski definition) is 3. The van der Waals surface area contributed by atoms with Crippen molar-refractivity contribution in [2.24, 2.45) is 5.73 Å². The van der Waals surface area contributed by atoms with Gasteiger partial charge in [-0.05, 0) is 31.2 Å². The quantitative estimate of drug-likeness (QED) is 0.104. The van der Waals surface area contributed by atoms with E-state index in [9.17, 15) is 93.0 Å². The molecule has 2 amide bonds. The maximum absolute atomic E-state index is 14.0. The standard InChI is InChI=1S/C26H26F19N3O3/c27-18(28,10-6-12-47-16(49)15(46)9-4-5-11-48-17(50)51-13-14-7-2-1-3-8-14)20(30,31)22(34,35)24(38,39)23(36,37)21(32,33)19(29,25(40,41)42)26(43,44)45/h1-3,7-8,15H,4-6,9-13,46H2,(H,47,49)(H,48,50)/t15-/m0/s1. The molecule has 1 aromatic rings. The van der Waals surface area contributed by atoms with E-state index < -0.39 is 91.0 Å². The van der Waals surface area contributed by atoms with Gasteiger partial charge in [-0.3, -0.25) is 4.79 Å². The zero-order valence-electron chi connectivity index (χ0n) is 25.1. The maximum atomic E-state index is 14.0. The highest BCUT2D eigenvalue weighted by Crippen LogP contribution is 2.66. The van der Waals surface area contributed by atoms with E-state index in [2.05, 4.69) is 5.32 Å². The Morgan fingerprint density at radius 3 is 1.55 bits per heavy atom. The van der Waals surface area contributed by atoms with Gasteiger partial charge < -0.3 is 21.1 Å². The number of alkyl halides is 19. The lowest BCUT2D eigenvalue weighted by atomic mass is 9.83. The van der Waals surface area contributed by atoms with Crippen LogP contribution in [-0.4, -0.2) is 84.7 Å². The fourth-order valence-corrected chi connectivity index (χ4v) is 3.95. The zero-order valence-corrected chi connectivity index (χ0v) is 25.1. The van der Waals surface area contributed by atoms with Crippen LogP contribution < -0.4 is 16.4 Å². The van der Waals surface area contributed by atoms with E-state index in [4.69, 9.17) is 10.5 Å². The first kappa shape index (κ1) is 45.6. The van der Waals surface area contributed by atoms with E-state index in [0.717, 1.165) is 0 Å². The van der Waals surface area contributed by atoms with Crippen LogP contribution in [0.2, 0.25) is 0 Å². The number of alkyl carbamates (subject to hydrolysis) is 1. The van der Waals surface area contributed by atoms with Crippen molar-refractivity contribution in [3.63, 3.8) is 0 Å². The number of carbonyl (C=O) groups excluding carboxylic acids is 2. The van der Waals surface area contributed by atoms with Gasteiger partial charge in [-0.1, -0.05) is 30.3 Å². The summed E-state index contributed by atoms with van der Waals surface area (Å²) in [6, 6.07) is 7.01. The van der Waals surface area contributed by atoms with Crippen molar-refractivity contribution in [3.05, 3.63) is 35.9 Å². The average molecular weight is 789 g/mol. The third-order valence-electron chi connectivity index (χ3n) is 6.98. The molecule has 0 unspecified atom stereocenters. The second kappa shape index (κ2) is 15.7. The predicted molar refractivity (Wildman–Crippen MR) is 134 cm³/mol. The van der Waals surface area contributed by atoms with E-state index in [1.807, 2.05) is 0 Å². The lowest BCUT2D eigenvalue weighted by molar-refractivity contribution is -0.472. The summed E-state index contributed by atoms with van der Waals surface area (Å²) in [4.78, 5) is 23.6. The molecule has 1 aromatic carbocycles. The highest BCUT2D eigenvalue weighted by molar-refractivity contribution is 5.81. The summed E-state index contributed by atoms with van der Waals surface area (Å²) in [5.74, 6) is -51.5. The first-order valence-electron chi connectivity index (χ1n) is 13.8. The van der Waals surface area contributed by atoms with Gasteiger partial charge in [0.2, 0.25) is 5.91 Å². The summed E-state index contributed by atoms with van der Waals surface area (Å²) in [5, 5.41) is 4.07.